The standard InChI is InChI=1S/C30H50O/c1-21(2)11-9-12-22(3)13-10-14-23(4)24-15-16-26-29(24,7)19-17-25-28(5,6)27(31)18-20-30(25,26)8/h11,13,24-27,31H,4,9-10,12,14-20H2,1-3,5-8H3/b22-13+/t24-,25?,26?,27+,29+,30+/m1/s1. The molecule has 1 heteroatoms. The minimum Gasteiger partial charge on any atom is -0.393 e. The summed E-state index contributed by atoms with van der Waals surface area (Å²) in [5.74, 6) is 2.12. The maximum Gasteiger partial charge on any atom is 0.0594 e. The van der Waals surface area contributed by atoms with Crippen LogP contribution in [0.3, 0.4) is 0 Å². The first-order chi connectivity index (χ1) is 14.4. The Morgan fingerprint density at radius 3 is 2.16 bits per heavy atom. The Balaban J connectivity index is 1.64. The molecule has 1 N–H and O–H groups in total. The van der Waals surface area contributed by atoms with Crippen molar-refractivity contribution >= 4 is 0 Å². The van der Waals surface area contributed by atoms with Gasteiger partial charge in [0.1, 0.15) is 0 Å². The van der Waals surface area contributed by atoms with Crippen LogP contribution in [0.15, 0.2) is 35.5 Å². The van der Waals surface area contributed by atoms with Gasteiger partial charge in [0.2, 0.25) is 0 Å². The fourth-order valence-corrected chi connectivity index (χ4v) is 8.36. The molecule has 3 aliphatic rings. The van der Waals surface area contributed by atoms with E-state index < -0.39 is 0 Å². The molecule has 176 valence electrons. The first-order valence-electron chi connectivity index (χ1n) is 13.1. The first kappa shape index (κ1) is 24.8. The highest BCUT2D eigenvalue weighted by molar-refractivity contribution is 5.19. The predicted molar refractivity (Wildman–Crippen MR) is 135 cm³/mol. The Labute approximate surface area is 193 Å². The average molecular weight is 427 g/mol. The summed E-state index contributed by atoms with van der Waals surface area (Å²) in [6.45, 7) is 21.1. The highest BCUT2D eigenvalue weighted by atomic mass is 16.3. The zero-order valence-corrected chi connectivity index (χ0v) is 21.7. The van der Waals surface area contributed by atoms with Gasteiger partial charge >= 0.3 is 0 Å². The van der Waals surface area contributed by atoms with E-state index in [4.69, 9.17) is 0 Å². The third kappa shape index (κ3) is 4.64. The molecule has 0 heterocycles. The molecule has 6 atom stereocenters. The molecule has 3 rings (SSSR count). The molecule has 0 spiro atoms. The lowest BCUT2D eigenvalue weighted by Gasteiger charge is -2.63. The number of allylic oxidation sites excluding steroid dienone is 5. The van der Waals surface area contributed by atoms with E-state index in [1.807, 2.05) is 0 Å². The van der Waals surface area contributed by atoms with Crippen molar-refractivity contribution in [3.05, 3.63) is 35.5 Å². The van der Waals surface area contributed by atoms with E-state index in [9.17, 15) is 5.11 Å². The van der Waals surface area contributed by atoms with Crippen LogP contribution in [0.25, 0.3) is 0 Å². The second-order valence-corrected chi connectivity index (χ2v) is 12.7. The quantitative estimate of drug-likeness (QED) is 0.404. The molecular formula is C30H50O. The molecule has 1 nitrogen and oxygen atoms in total. The molecule has 0 bridgehead atoms. The predicted octanol–water partition coefficient (Wildman–Crippen LogP) is 8.65. The Hall–Kier alpha value is -0.820. The Morgan fingerprint density at radius 1 is 0.839 bits per heavy atom. The van der Waals surface area contributed by atoms with Gasteiger partial charge in [0.05, 0.1) is 6.10 Å². The van der Waals surface area contributed by atoms with Gasteiger partial charge in [-0.2, -0.15) is 0 Å². The summed E-state index contributed by atoms with van der Waals surface area (Å²) in [7, 11) is 0. The summed E-state index contributed by atoms with van der Waals surface area (Å²) in [6, 6.07) is 0. The lowest BCUT2D eigenvalue weighted by atomic mass is 9.42. The third-order valence-corrected chi connectivity index (χ3v) is 10.2. The maximum absolute atomic E-state index is 10.7. The summed E-state index contributed by atoms with van der Waals surface area (Å²) in [5.41, 5.74) is 5.30. The van der Waals surface area contributed by atoms with Crippen LogP contribution in [0.2, 0.25) is 0 Å². The van der Waals surface area contributed by atoms with Crippen LogP contribution in [-0.2, 0) is 0 Å². The number of hydrogen-bond acceptors (Lipinski definition) is 1. The van der Waals surface area contributed by atoms with Gasteiger partial charge in [0.25, 0.3) is 0 Å². The largest absolute Gasteiger partial charge is 0.393 e. The number of fused-ring (bicyclic) bond motifs is 3. The van der Waals surface area contributed by atoms with Gasteiger partial charge in [-0.3, -0.25) is 0 Å². The van der Waals surface area contributed by atoms with Crippen molar-refractivity contribution in [2.45, 2.75) is 119 Å². The smallest absolute Gasteiger partial charge is 0.0594 e. The molecular weight excluding hydrogens is 376 g/mol. The van der Waals surface area contributed by atoms with Crippen LogP contribution in [0.5, 0.6) is 0 Å². The molecule has 3 fully saturated rings. The topological polar surface area (TPSA) is 20.2 Å². The highest BCUT2D eigenvalue weighted by Crippen LogP contribution is 2.70. The van der Waals surface area contributed by atoms with Crippen molar-refractivity contribution in [1.82, 2.24) is 0 Å². The summed E-state index contributed by atoms with van der Waals surface area (Å²) in [5, 5.41) is 10.7. The van der Waals surface area contributed by atoms with Crippen molar-refractivity contribution in [2.24, 2.45) is 34.0 Å². The molecule has 0 aromatic heterocycles. The maximum atomic E-state index is 10.7. The Bertz CT molecular complexity index is 721. The summed E-state index contributed by atoms with van der Waals surface area (Å²) in [6.07, 6.45) is 16.8. The number of hydrogen-bond donors (Lipinski definition) is 1. The van der Waals surface area contributed by atoms with Crippen molar-refractivity contribution in [3.8, 4) is 0 Å². The second-order valence-electron chi connectivity index (χ2n) is 12.7. The Morgan fingerprint density at radius 2 is 1.48 bits per heavy atom. The van der Waals surface area contributed by atoms with E-state index >= 15 is 0 Å². The summed E-state index contributed by atoms with van der Waals surface area (Å²) < 4.78 is 0. The van der Waals surface area contributed by atoms with E-state index in [1.165, 1.54) is 61.7 Å². The molecule has 0 amide bonds. The van der Waals surface area contributed by atoms with E-state index in [0.29, 0.717) is 22.7 Å². The third-order valence-electron chi connectivity index (χ3n) is 10.2. The normalized spacial score (nSPS) is 39.5. The summed E-state index contributed by atoms with van der Waals surface area (Å²) in [4.78, 5) is 0. The lowest BCUT2D eigenvalue weighted by molar-refractivity contribution is -0.166. The van der Waals surface area contributed by atoms with Crippen LogP contribution in [0.1, 0.15) is 113 Å². The van der Waals surface area contributed by atoms with Crippen molar-refractivity contribution < 1.29 is 5.11 Å². The van der Waals surface area contributed by atoms with Crippen molar-refractivity contribution in [1.29, 1.82) is 0 Å². The molecule has 0 aromatic carbocycles. The molecule has 0 aliphatic heterocycles. The van der Waals surface area contributed by atoms with Gasteiger partial charge in [0, 0.05) is 0 Å². The number of aliphatic hydroxyl groups is 1. The molecule has 31 heavy (non-hydrogen) atoms. The molecule has 2 unspecified atom stereocenters. The zero-order chi connectivity index (χ0) is 23.0. The molecule has 0 saturated heterocycles. The van der Waals surface area contributed by atoms with Crippen LogP contribution >= 0.6 is 0 Å². The van der Waals surface area contributed by atoms with Crippen LogP contribution in [0.4, 0.5) is 0 Å². The van der Waals surface area contributed by atoms with Crippen LogP contribution in [0, 0.1) is 34.0 Å². The summed E-state index contributed by atoms with van der Waals surface area (Å²) >= 11 is 0. The van der Waals surface area contributed by atoms with Crippen LogP contribution < -0.4 is 0 Å². The van der Waals surface area contributed by atoms with E-state index in [-0.39, 0.29) is 11.5 Å². The Kier molecular flexibility index (Phi) is 7.37. The fourth-order valence-electron chi connectivity index (χ4n) is 8.36. The SMILES string of the molecule is C=C(CC/C=C(\C)CCC=C(C)C)[C@H]1CCC2[C@@]3(C)CC[C@H](O)C(C)(C)C3CC[C@]21C. The van der Waals surface area contributed by atoms with E-state index in [1.54, 1.807) is 0 Å². The number of rotatable bonds is 7. The van der Waals surface area contributed by atoms with Gasteiger partial charge in [-0.1, -0.05) is 63.1 Å². The average Bonchev–Trinajstić information content (AvgIpc) is 3.03. The highest BCUT2D eigenvalue weighted by Gasteiger charge is 2.63. The monoisotopic (exact) mass is 426 g/mol. The van der Waals surface area contributed by atoms with Crippen LogP contribution in [-0.4, -0.2) is 11.2 Å². The molecule has 0 radical (unpaired) electrons. The van der Waals surface area contributed by atoms with Gasteiger partial charge in [-0.05, 0) is 119 Å². The van der Waals surface area contributed by atoms with Gasteiger partial charge in [-0.25, -0.2) is 0 Å². The minimum absolute atomic E-state index is 0.0528. The lowest BCUT2D eigenvalue weighted by Crippen LogP contribution is -2.58. The first-order valence-corrected chi connectivity index (χ1v) is 13.1. The van der Waals surface area contributed by atoms with Gasteiger partial charge in [-0.15, -0.1) is 0 Å². The van der Waals surface area contributed by atoms with E-state index in [0.717, 1.165) is 25.2 Å². The van der Waals surface area contributed by atoms with Gasteiger partial charge in [0.15, 0.2) is 0 Å². The fraction of sp³-hybridized carbons (Fsp3) is 0.800. The number of aliphatic hydroxyl groups excluding tert-OH is 1. The van der Waals surface area contributed by atoms with Crippen molar-refractivity contribution in [3.63, 3.8) is 0 Å². The van der Waals surface area contributed by atoms with E-state index in [2.05, 4.69) is 67.2 Å². The molecule has 0 aromatic rings. The molecule has 3 saturated carbocycles. The second kappa shape index (κ2) is 9.20. The van der Waals surface area contributed by atoms with Gasteiger partial charge < -0.3 is 5.11 Å². The molecule has 3 aliphatic carbocycles. The minimum atomic E-state index is -0.131. The van der Waals surface area contributed by atoms with Crippen molar-refractivity contribution in [2.75, 3.05) is 0 Å². The zero-order valence-electron chi connectivity index (χ0n) is 21.7.